The van der Waals surface area contributed by atoms with Crippen molar-refractivity contribution >= 4 is 17.6 Å². The number of esters is 1. The van der Waals surface area contributed by atoms with E-state index in [1.165, 1.54) is 30.3 Å². The zero-order chi connectivity index (χ0) is 27.6. The molecule has 2 aromatic rings. The summed E-state index contributed by atoms with van der Waals surface area (Å²) < 4.78 is 88.3. The molecular formula is C26H27F6NO4. The van der Waals surface area contributed by atoms with Crippen LogP contribution in [0.1, 0.15) is 62.1 Å². The number of carbonyl (C=O) groups excluding carboxylic acids is 2. The van der Waals surface area contributed by atoms with E-state index in [9.17, 15) is 41.0 Å². The highest BCUT2D eigenvalue weighted by Crippen LogP contribution is 2.54. The molecule has 0 aromatic heterocycles. The van der Waals surface area contributed by atoms with Crippen LogP contribution in [0.4, 0.5) is 32.0 Å². The Morgan fingerprint density at radius 1 is 1.03 bits per heavy atom. The molecule has 11 heteroatoms. The Bertz CT molecular complexity index is 1130. The second kappa shape index (κ2) is 10.4. The number of carbonyl (C=O) groups is 2. The normalized spacial score (nSPS) is 17.8. The lowest BCUT2D eigenvalue weighted by atomic mass is 9.58. The Labute approximate surface area is 209 Å². The van der Waals surface area contributed by atoms with Crippen LogP contribution < -0.4 is 5.32 Å². The fraction of sp³-hybridized carbons (Fsp3) is 0.462. The number of hydrogen-bond donors (Lipinski definition) is 2. The van der Waals surface area contributed by atoms with E-state index in [-0.39, 0.29) is 30.7 Å². The number of amides is 1. The molecule has 2 unspecified atom stereocenters. The number of ether oxygens (including phenoxy) is 1. The molecule has 1 aliphatic carbocycles. The SMILES string of the molecule is CCOC(=O)C(C)c1ccc(NC(=O)C(O)(CC2(c3ccccc3C(F)(F)F)CCC2)C(F)(F)F)cc1. The standard InChI is InChI=1S/C26H27F6NO4/c1-3-37-21(34)16(2)17-9-11-18(12-10-17)33-22(35)24(36,26(30,31)32)15-23(13-6-14-23)19-7-4-5-8-20(19)25(27,28)29/h4-5,7-12,16,36H,3,6,13-15H2,1-2H3,(H,33,35). The predicted octanol–water partition coefficient (Wildman–Crippen LogP) is 6.12. The van der Waals surface area contributed by atoms with Crippen molar-refractivity contribution in [3.63, 3.8) is 0 Å². The summed E-state index contributed by atoms with van der Waals surface area (Å²) in [6.07, 6.45) is -11.3. The minimum absolute atomic E-state index is 0.0494. The van der Waals surface area contributed by atoms with E-state index in [4.69, 9.17) is 4.74 Å². The topological polar surface area (TPSA) is 75.6 Å². The van der Waals surface area contributed by atoms with E-state index < -0.39 is 53.1 Å². The number of alkyl halides is 6. The second-order valence-corrected chi connectivity index (χ2v) is 9.26. The van der Waals surface area contributed by atoms with Crippen LogP contribution in [0, 0.1) is 0 Å². The van der Waals surface area contributed by atoms with Crippen molar-refractivity contribution in [1.82, 2.24) is 0 Å². The molecule has 0 heterocycles. The van der Waals surface area contributed by atoms with Gasteiger partial charge in [0.1, 0.15) is 0 Å². The molecule has 1 fully saturated rings. The van der Waals surface area contributed by atoms with Crippen LogP contribution in [0.3, 0.4) is 0 Å². The van der Waals surface area contributed by atoms with Crippen LogP contribution in [0.2, 0.25) is 0 Å². The predicted molar refractivity (Wildman–Crippen MR) is 123 cm³/mol. The van der Waals surface area contributed by atoms with Gasteiger partial charge in [0, 0.05) is 12.1 Å². The number of hydrogen-bond acceptors (Lipinski definition) is 4. The molecule has 0 bridgehead atoms. The van der Waals surface area contributed by atoms with Crippen LogP contribution in [0.5, 0.6) is 0 Å². The van der Waals surface area contributed by atoms with Gasteiger partial charge in [-0.25, -0.2) is 0 Å². The lowest BCUT2D eigenvalue weighted by Crippen LogP contribution is -2.59. The number of rotatable bonds is 8. The highest BCUT2D eigenvalue weighted by atomic mass is 19.4. The lowest BCUT2D eigenvalue weighted by Gasteiger charge is -2.47. The molecule has 2 atom stereocenters. The molecule has 37 heavy (non-hydrogen) atoms. The minimum atomic E-state index is -5.47. The average Bonchev–Trinajstić information content (AvgIpc) is 2.80. The van der Waals surface area contributed by atoms with Gasteiger partial charge < -0.3 is 15.2 Å². The summed E-state index contributed by atoms with van der Waals surface area (Å²) in [7, 11) is 0. The Hall–Kier alpha value is -3.08. The summed E-state index contributed by atoms with van der Waals surface area (Å²) in [5.41, 5.74) is -6.71. The van der Waals surface area contributed by atoms with E-state index in [1.807, 2.05) is 5.32 Å². The zero-order valence-corrected chi connectivity index (χ0v) is 20.2. The smallest absolute Gasteiger partial charge is 0.426 e. The number of benzene rings is 2. The summed E-state index contributed by atoms with van der Waals surface area (Å²) >= 11 is 0. The first-order valence-electron chi connectivity index (χ1n) is 11.7. The monoisotopic (exact) mass is 531 g/mol. The van der Waals surface area contributed by atoms with E-state index in [2.05, 4.69) is 0 Å². The summed E-state index contributed by atoms with van der Waals surface area (Å²) in [6, 6.07) is 9.65. The van der Waals surface area contributed by atoms with Crippen molar-refractivity contribution in [3.8, 4) is 0 Å². The maximum Gasteiger partial charge on any atom is 0.426 e. The van der Waals surface area contributed by atoms with E-state index >= 15 is 0 Å². The molecular weight excluding hydrogens is 504 g/mol. The number of aliphatic hydroxyl groups is 1. The molecule has 0 aliphatic heterocycles. The van der Waals surface area contributed by atoms with Gasteiger partial charge in [0.25, 0.3) is 5.91 Å². The van der Waals surface area contributed by atoms with Gasteiger partial charge in [0.2, 0.25) is 5.60 Å². The van der Waals surface area contributed by atoms with Crippen molar-refractivity contribution in [2.75, 3.05) is 11.9 Å². The fourth-order valence-corrected chi connectivity index (χ4v) is 4.63. The molecule has 0 saturated heterocycles. The van der Waals surface area contributed by atoms with Crippen molar-refractivity contribution in [3.05, 3.63) is 65.2 Å². The van der Waals surface area contributed by atoms with E-state index in [1.54, 1.807) is 13.8 Å². The molecule has 1 amide bonds. The Morgan fingerprint density at radius 3 is 2.11 bits per heavy atom. The van der Waals surface area contributed by atoms with Crippen molar-refractivity contribution in [1.29, 1.82) is 0 Å². The Kier molecular flexibility index (Phi) is 7.97. The van der Waals surface area contributed by atoms with Gasteiger partial charge in [0.05, 0.1) is 18.1 Å². The summed E-state index contributed by atoms with van der Waals surface area (Å²) in [6.45, 7) is 3.38. The summed E-state index contributed by atoms with van der Waals surface area (Å²) in [4.78, 5) is 24.7. The van der Waals surface area contributed by atoms with Gasteiger partial charge in [-0.3, -0.25) is 9.59 Å². The first-order valence-corrected chi connectivity index (χ1v) is 11.7. The summed E-state index contributed by atoms with van der Waals surface area (Å²) in [5, 5.41) is 12.8. The van der Waals surface area contributed by atoms with Crippen molar-refractivity contribution in [2.45, 2.75) is 68.8 Å². The highest BCUT2D eigenvalue weighted by Gasteiger charge is 2.64. The van der Waals surface area contributed by atoms with Crippen LogP contribution >= 0.6 is 0 Å². The van der Waals surface area contributed by atoms with E-state index in [0.29, 0.717) is 12.0 Å². The first-order chi connectivity index (χ1) is 17.1. The average molecular weight is 531 g/mol. The zero-order valence-electron chi connectivity index (χ0n) is 20.2. The molecule has 1 aliphatic rings. The molecule has 0 radical (unpaired) electrons. The third kappa shape index (κ3) is 5.76. The van der Waals surface area contributed by atoms with E-state index in [0.717, 1.165) is 18.2 Å². The maximum atomic E-state index is 14.1. The summed E-state index contributed by atoms with van der Waals surface area (Å²) in [5.74, 6) is -2.97. The molecule has 5 nitrogen and oxygen atoms in total. The third-order valence-corrected chi connectivity index (χ3v) is 6.86. The van der Waals surface area contributed by atoms with Crippen LogP contribution in [0.15, 0.2) is 48.5 Å². The van der Waals surface area contributed by atoms with Crippen molar-refractivity contribution < 1.29 is 45.8 Å². The van der Waals surface area contributed by atoms with Crippen LogP contribution in [-0.2, 0) is 25.9 Å². The second-order valence-electron chi connectivity index (χ2n) is 9.26. The minimum Gasteiger partial charge on any atom is -0.466 e. The molecule has 2 aromatic carbocycles. The third-order valence-electron chi connectivity index (χ3n) is 6.86. The first kappa shape index (κ1) is 28.5. The maximum absolute atomic E-state index is 14.1. The Balaban J connectivity index is 1.90. The lowest BCUT2D eigenvalue weighted by molar-refractivity contribution is -0.257. The van der Waals surface area contributed by atoms with Gasteiger partial charge in [-0.05, 0) is 61.4 Å². The number of nitrogens with one attached hydrogen (secondary N) is 1. The van der Waals surface area contributed by atoms with Crippen LogP contribution in [-0.4, -0.2) is 35.4 Å². The quantitative estimate of drug-likeness (QED) is 0.318. The van der Waals surface area contributed by atoms with Gasteiger partial charge in [-0.15, -0.1) is 0 Å². The van der Waals surface area contributed by atoms with Gasteiger partial charge in [-0.1, -0.05) is 36.8 Å². The molecule has 3 rings (SSSR count). The number of halogens is 6. The highest BCUT2D eigenvalue weighted by molar-refractivity contribution is 5.98. The fourth-order valence-electron chi connectivity index (χ4n) is 4.63. The van der Waals surface area contributed by atoms with Crippen LogP contribution in [0.25, 0.3) is 0 Å². The molecule has 202 valence electrons. The molecule has 1 saturated carbocycles. The Morgan fingerprint density at radius 2 is 1.62 bits per heavy atom. The largest absolute Gasteiger partial charge is 0.466 e. The van der Waals surface area contributed by atoms with Gasteiger partial charge in [-0.2, -0.15) is 26.3 Å². The van der Waals surface area contributed by atoms with Gasteiger partial charge >= 0.3 is 18.3 Å². The molecule has 2 N–H and O–H groups in total. The molecule has 0 spiro atoms. The van der Waals surface area contributed by atoms with Gasteiger partial charge in [0.15, 0.2) is 0 Å². The van der Waals surface area contributed by atoms with Crippen molar-refractivity contribution in [2.24, 2.45) is 0 Å². The number of anilines is 1.